The van der Waals surface area contributed by atoms with Crippen molar-refractivity contribution >= 4 is 17.8 Å². The molecule has 8 nitrogen and oxygen atoms in total. The molecule has 26 heavy (non-hydrogen) atoms. The minimum atomic E-state index is -1.16. The number of amides is 4. The highest BCUT2D eigenvalue weighted by atomic mass is 16.5. The van der Waals surface area contributed by atoms with E-state index in [1.54, 1.807) is 50.2 Å². The smallest absolute Gasteiger partial charge is 0.326 e. The number of benzene rings is 1. The number of imide groups is 1. The molecule has 8 heteroatoms. The van der Waals surface area contributed by atoms with Gasteiger partial charge in [-0.25, -0.2) is 9.69 Å². The van der Waals surface area contributed by atoms with E-state index < -0.39 is 11.6 Å². The van der Waals surface area contributed by atoms with Crippen molar-refractivity contribution < 1.29 is 19.1 Å². The molecule has 0 unspecified atom stereocenters. The van der Waals surface area contributed by atoms with E-state index in [0.717, 1.165) is 17.7 Å². The van der Waals surface area contributed by atoms with Crippen LogP contribution in [0.3, 0.4) is 0 Å². The molecular weight excluding hydrogens is 336 g/mol. The maximum Gasteiger partial charge on any atom is 0.326 e. The van der Waals surface area contributed by atoms with Crippen molar-refractivity contribution in [3.05, 3.63) is 29.8 Å². The van der Waals surface area contributed by atoms with Gasteiger partial charge < -0.3 is 15.4 Å². The molecule has 1 heterocycles. The number of urea groups is 1. The van der Waals surface area contributed by atoms with E-state index in [1.165, 1.54) is 0 Å². The van der Waals surface area contributed by atoms with E-state index in [9.17, 15) is 14.4 Å². The Balaban J connectivity index is 1.68. The number of nitrogens with zero attached hydrogens (tertiary/aromatic N) is 2. The van der Waals surface area contributed by atoms with Crippen molar-refractivity contribution in [3.8, 4) is 5.75 Å². The average Bonchev–Trinajstić information content (AvgIpc) is 3.38. The molecule has 1 aliphatic carbocycles. The largest absolute Gasteiger partial charge is 0.497 e. The van der Waals surface area contributed by atoms with Crippen LogP contribution in [0.4, 0.5) is 4.79 Å². The number of likely N-dealkylation sites (N-methyl/N-ethyl adjacent to an activating group) is 1. The second-order valence-corrected chi connectivity index (χ2v) is 7.02. The summed E-state index contributed by atoms with van der Waals surface area (Å²) in [6, 6.07) is 6.86. The first-order chi connectivity index (χ1) is 12.3. The Labute approximate surface area is 152 Å². The fourth-order valence-corrected chi connectivity index (χ4v) is 2.99. The minimum absolute atomic E-state index is 0.0440. The Kier molecular flexibility index (Phi) is 4.86. The second-order valence-electron chi connectivity index (χ2n) is 7.02. The summed E-state index contributed by atoms with van der Waals surface area (Å²) in [6.07, 6.45) is 2.03. The van der Waals surface area contributed by atoms with Crippen molar-refractivity contribution in [2.75, 3.05) is 27.4 Å². The van der Waals surface area contributed by atoms with E-state index in [-0.39, 0.29) is 31.1 Å². The summed E-state index contributed by atoms with van der Waals surface area (Å²) in [5, 5.41) is 5.64. The minimum Gasteiger partial charge on any atom is -0.497 e. The lowest BCUT2D eigenvalue weighted by Gasteiger charge is -2.24. The predicted molar refractivity (Wildman–Crippen MR) is 94.4 cm³/mol. The summed E-state index contributed by atoms with van der Waals surface area (Å²) >= 11 is 0. The van der Waals surface area contributed by atoms with Gasteiger partial charge in [-0.1, -0.05) is 12.1 Å². The molecule has 2 N–H and O–H groups in total. The number of carbonyl (C=O) groups is 3. The number of hydrogen-bond acceptors (Lipinski definition) is 5. The number of methoxy groups -OCH3 is 1. The SMILES string of the molecule is COc1cccc([C@]2(C)NC(=O)N(CN(C)CC(=O)NC3CC3)C2=O)c1. The lowest BCUT2D eigenvalue weighted by molar-refractivity contribution is -0.133. The Morgan fingerprint density at radius 1 is 1.42 bits per heavy atom. The van der Waals surface area contributed by atoms with E-state index in [4.69, 9.17) is 4.74 Å². The van der Waals surface area contributed by atoms with E-state index in [2.05, 4.69) is 10.6 Å². The Morgan fingerprint density at radius 3 is 2.81 bits per heavy atom. The third kappa shape index (κ3) is 3.65. The van der Waals surface area contributed by atoms with Gasteiger partial charge in [0.2, 0.25) is 5.91 Å². The van der Waals surface area contributed by atoms with Crippen LogP contribution >= 0.6 is 0 Å². The van der Waals surface area contributed by atoms with Crippen LogP contribution in [0, 0.1) is 0 Å². The highest BCUT2D eigenvalue weighted by molar-refractivity contribution is 6.07. The molecule has 1 saturated carbocycles. The number of rotatable bonds is 7. The van der Waals surface area contributed by atoms with Crippen LogP contribution in [-0.4, -0.2) is 61.1 Å². The second kappa shape index (κ2) is 6.95. The maximum atomic E-state index is 12.9. The Hall–Kier alpha value is -2.61. The summed E-state index contributed by atoms with van der Waals surface area (Å²) < 4.78 is 5.20. The quantitative estimate of drug-likeness (QED) is 0.696. The van der Waals surface area contributed by atoms with Gasteiger partial charge in [-0.15, -0.1) is 0 Å². The Morgan fingerprint density at radius 2 is 2.15 bits per heavy atom. The van der Waals surface area contributed by atoms with Crippen LogP contribution in [0.5, 0.6) is 5.75 Å². The summed E-state index contributed by atoms with van der Waals surface area (Å²) in [7, 11) is 3.25. The molecule has 2 aliphatic rings. The van der Waals surface area contributed by atoms with Gasteiger partial charge in [0, 0.05) is 6.04 Å². The summed E-state index contributed by atoms with van der Waals surface area (Å²) in [6.45, 7) is 1.84. The summed E-state index contributed by atoms with van der Waals surface area (Å²) in [5.41, 5.74) is -0.519. The van der Waals surface area contributed by atoms with Gasteiger partial charge in [-0.05, 0) is 44.5 Å². The third-order valence-electron chi connectivity index (χ3n) is 4.66. The number of hydrogen-bond donors (Lipinski definition) is 2. The highest BCUT2D eigenvalue weighted by Crippen LogP contribution is 2.30. The van der Waals surface area contributed by atoms with Crippen LogP contribution in [0.2, 0.25) is 0 Å². The van der Waals surface area contributed by atoms with Gasteiger partial charge >= 0.3 is 6.03 Å². The number of nitrogens with one attached hydrogen (secondary N) is 2. The van der Waals surface area contributed by atoms with Gasteiger partial charge in [-0.3, -0.25) is 14.5 Å². The van der Waals surface area contributed by atoms with Crippen LogP contribution in [0.15, 0.2) is 24.3 Å². The molecule has 0 bridgehead atoms. The van der Waals surface area contributed by atoms with E-state index in [1.807, 2.05) is 0 Å². The van der Waals surface area contributed by atoms with Crippen molar-refractivity contribution in [1.29, 1.82) is 0 Å². The van der Waals surface area contributed by atoms with Crippen molar-refractivity contribution in [2.24, 2.45) is 0 Å². The molecule has 0 radical (unpaired) electrons. The van der Waals surface area contributed by atoms with Crippen LogP contribution in [-0.2, 0) is 15.1 Å². The predicted octanol–water partition coefficient (Wildman–Crippen LogP) is 0.630. The van der Waals surface area contributed by atoms with Crippen molar-refractivity contribution in [2.45, 2.75) is 31.3 Å². The molecule has 3 rings (SSSR count). The first kappa shape index (κ1) is 18.2. The third-order valence-corrected chi connectivity index (χ3v) is 4.66. The first-order valence-corrected chi connectivity index (χ1v) is 8.60. The zero-order chi connectivity index (χ0) is 18.9. The molecule has 1 aromatic carbocycles. The standard InChI is InChI=1S/C18H24N4O4/c1-18(12-5-4-6-14(9-12)26-3)16(24)22(17(25)20-18)11-21(2)10-15(23)19-13-7-8-13/h4-6,9,13H,7-8,10-11H2,1-3H3,(H,19,23)(H,20,25)/t18-/m0/s1. The number of carbonyl (C=O) groups excluding carboxylic acids is 3. The topological polar surface area (TPSA) is 91.0 Å². The molecule has 2 fully saturated rings. The molecule has 1 atom stereocenters. The maximum absolute atomic E-state index is 12.9. The molecule has 4 amide bonds. The zero-order valence-electron chi connectivity index (χ0n) is 15.2. The highest BCUT2D eigenvalue weighted by Gasteiger charge is 2.49. The Bertz CT molecular complexity index is 734. The molecular formula is C18H24N4O4. The van der Waals surface area contributed by atoms with Crippen LogP contribution < -0.4 is 15.4 Å². The lowest BCUT2D eigenvalue weighted by Crippen LogP contribution is -2.45. The zero-order valence-corrected chi connectivity index (χ0v) is 15.2. The van der Waals surface area contributed by atoms with Gasteiger partial charge in [0.15, 0.2) is 0 Å². The fraction of sp³-hybridized carbons (Fsp3) is 0.500. The lowest BCUT2D eigenvalue weighted by atomic mass is 9.92. The fourth-order valence-electron chi connectivity index (χ4n) is 2.99. The molecule has 1 aromatic rings. The van der Waals surface area contributed by atoms with Crippen LogP contribution in [0.25, 0.3) is 0 Å². The molecule has 140 valence electrons. The molecule has 0 aromatic heterocycles. The monoisotopic (exact) mass is 360 g/mol. The summed E-state index contributed by atoms with van der Waals surface area (Å²) in [4.78, 5) is 40.0. The average molecular weight is 360 g/mol. The van der Waals surface area contributed by atoms with Crippen molar-refractivity contribution in [1.82, 2.24) is 20.4 Å². The van der Waals surface area contributed by atoms with Gasteiger partial charge in [0.1, 0.15) is 11.3 Å². The van der Waals surface area contributed by atoms with E-state index in [0.29, 0.717) is 11.3 Å². The van der Waals surface area contributed by atoms with Crippen molar-refractivity contribution in [3.63, 3.8) is 0 Å². The first-order valence-electron chi connectivity index (χ1n) is 8.60. The van der Waals surface area contributed by atoms with Gasteiger partial charge in [0.25, 0.3) is 5.91 Å². The normalized spacial score (nSPS) is 22.5. The van der Waals surface area contributed by atoms with Gasteiger partial charge in [-0.2, -0.15) is 0 Å². The number of ether oxygens (including phenoxy) is 1. The van der Waals surface area contributed by atoms with Gasteiger partial charge in [0.05, 0.1) is 20.3 Å². The van der Waals surface area contributed by atoms with Crippen LogP contribution in [0.1, 0.15) is 25.3 Å². The molecule has 0 spiro atoms. The summed E-state index contributed by atoms with van der Waals surface area (Å²) in [5.74, 6) is 0.154. The molecule has 1 aliphatic heterocycles. The van der Waals surface area contributed by atoms with E-state index >= 15 is 0 Å². The molecule has 1 saturated heterocycles.